The second-order valence-electron chi connectivity index (χ2n) is 6.97. The molecule has 0 saturated carbocycles. The molecule has 7 nitrogen and oxygen atoms in total. The van der Waals surface area contributed by atoms with Crippen LogP contribution in [0.5, 0.6) is 11.5 Å². The van der Waals surface area contributed by atoms with Crippen LogP contribution in [-0.4, -0.2) is 22.0 Å². The number of primary amides is 1. The number of fused-ring (bicyclic) bond motifs is 1. The molecule has 4 rings (SSSR count). The lowest BCUT2D eigenvalue weighted by molar-refractivity contribution is -0.119. The monoisotopic (exact) mass is 424 g/mol. The van der Waals surface area contributed by atoms with Crippen molar-refractivity contribution in [2.24, 2.45) is 5.73 Å². The summed E-state index contributed by atoms with van der Waals surface area (Å²) in [5, 5.41) is 9.50. The third-order valence-corrected chi connectivity index (χ3v) is 5.90. The normalized spacial score (nSPS) is 16.2. The predicted molar refractivity (Wildman–Crippen MR) is 111 cm³/mol. The Hall–Kier alpha value is -3.39. The number of ether oxygens (including phenoxy) is 2. The van der Waals surface area contributed by atoms with Crippen molar-refractivity contribution in [1.82, 2.24) is 4.98 Å². The third-order valence-electron chi connectivity index (χ3n) is 4.82. The Morgan fingerprint density at radius 3 is 2.77 bits per heavy atom. The lowest BCUT2D eigenvalue weighted by atomic mass is 9.97. The van der Waals surface area contributed by atoms with Gasteiger partial charge in [0, 0.05) is 0 Å². The maximum atomic E-state index is 11.5. The zero-order valence-electron chi connectivity index (χ0n) is 16.0. The van der Waals surface area contributed by atoms with Crippen molar-refractivity contribution in [1.29, 1.82) is 0 Å². The molecule has 1 aromatic heterocycles. The first-order chi connectivity index (χ1) is 14.5. The van der Waals surface area contributed by atoms with E-state index >= 15 is 0 Å². The fourth-order valence-electron chi connectivity index (χ4n) is 3.40. The fraction of sp³-hybridized carbons (Fsp3) is 0.227. The Kier molecular flexibility index (Phi) is 5.67. The van der Waals surface area contributed by atoms with Gasteiger partial charge in [0.1, 0.15) is 27.5 Å². The summed E-state index contributed by atoms with van der Waals surface area (Å²) in [5.41, 5.74) is 7.51. The van der Waals surface area contributed by atoms with E-state index in [4.69, 9.17) is 20.3 Å². The minimum absolute atomic E-state index is 0.0119. The lowest BCUT2D eigenvalue weighted by Gasteiger charge is -2.27. The van der Waals surface area contributed by atoms with Crippen molar-refractivity contribution in [2.45, 2.75) is 31.5 Å². The number of aromatic carboxylic acids is 1. The molecule has 0 radical (unpaired) electrons. The molecule has 1 aliphatic rings. The van der Waals surface area contributed by atoms with E-state index in [2.05, 4.69) is 17.1 Å². The maximum absolute atomic E-state index is 11.5. The van der Waals surface area contributed by atoms with Crippen molar-refractivity contribution < 1.29 is 24.2 Å². The number of carboxylic acids is 1. The van der Waals surface area contributed by atoms with E-state index in [0.29, 0.717) is 10.8 Å². The molecule has 0 spiro atoms. The number of benzene rings is 2. The van der Waals surface area contributed by atoms with E-state index in [1.165, 1.54) is 6.20 Å². The molecule has 30 heavy (non-hydrogen) atoms. The van der Waals surface area contributed by atoms with Gasteiger partial charge < -0.3 is 20.3 Å². The molecule has 0 fully saturated rings. The molecule has 2 unspecified atom stereocenters. The fourth-order valence-corrected chi connectivity index (χ4v) is 4.19. The van der Waals surface area contributed by atoms with Gasteiger partial charge in [-0.15, -0.1) is 11.3 Å². The van der Waals surface area contributed by atoms with Gasteiger partial charge in [0.15, 0.2) is 6.10 Å². The van der Waals surface area contributed by atoms with Crippen molar-refractivity contribution in [2.75, 3.05) is 0 Å². The smallest absolute Gasteiger partial charge is 0.347 e. The number of carbonyl (C=O) groups is 2. The number of aromatic nitrogens is 1. The highest BCUT2D eigenvalue weighted by molar-refractivity contribution is 7.13. The van der Waals surface area contributed by atoms with Gasteiger partial charge in [0.2, 0.25) is 5.91 Å². The van der Waals surface area contributed by atoms with Crippen LogP contribution in [0.3, 0.4) is 0 Å². The number of nitrogens with two attached hydrogens (primary N) is 1. The van der Waals surface area contributed by atoms with Crippen LogP contribution < -0.4 is 15.2 Å². The number of rotatable bonds is 7. The number of carbonyl (C=O) groups excluding carboxylic acids is 1. The molecule has 1 amide bonds. The quantitative estimate of drug-likeness (QED) is 0.595. The van der Waals surface area contributed by atoms with E-state index < -0.39 is 18.0 Å². The number of hydrogen-bond acceptors (Lipinski definition) is 6. The third kappa shape index (κ3) is 4.44. The van der Waals surface area contributed by atoms with Gasteiger partial charge >= 0.3 is 5.97 Å². The highest BCUT2D eigenvalue weighted by Crippen LogP contribution is 2.38. The zero-order chi connectivity index (χ0) is 21.1. The zero-order valence-corrected chi connectivity index (χ0v) is 16.8. The lowest BCUT2D eigenvalue weighted by Crippen LogP contribution is -2.19. The summed E-state index contributed by atoms with van der Waals surface area (Å²) in [7, 11) is 0. The Bertz CT molecular complexity index is 1070. The van der Waals surface area contributed by atoms with Crippen molar-refractivity contribution >= 4 is 23.2 Å². The molecule has 2 atom stereocenters. The summed E-state index contributed by atoms with van der Waals surface area (Å²) in [6.07, 6.45) is 2.09. The van der Waals surface area contributed by atoms with E-state index in [1.807, 2.05) is 30.3 Å². The average Bonchev–Trinajstić information content (AvgIpc) is 3.24. The predicted octanol–water partition coefficient (Wildman–Crippen LogP) is 3.90. The first kappa shape index (κ1) is 19.9. The minimum Gasteiger partial charge on any atom is -0.485 e. The van der Waals surface area contributed by atoms with Crippen LogP contribution in [-0.2, 0) is 11.2 Å². The van der Waals surface area contributed by atoms with Gasteiger partial charge in [-0.05, 0) is 42.2 Å². The number of nitrogens with zero attached hydrogens (tertiary/aromatic N) is 1. The molecule has 0 aliphatic carbocycles. The molecule has 8 heteroatoms. The first-order valence-electron chi connectivity index (χ1n) is 9.48. The summed E-state index contributed by atoms with van der Waals surface area (Å²) in [6, 6.07) is 15.6. The highest BCUT2D eigenvalue weighted by Gasteiger charge is 2.24. The molecular formula is C22H20N2O5S. The average molecular weight is 424 g/mol. The Morgan fingerprint density at radius 1 is 1.27 bits per heavy atom. The van der Waals surface area contributed by atoms with Crippen molar-refractivity contribution in [3.05, 3.63) is 75.7 Å². The summed E-state index contributed by atoms with van der Waals surface area (Å²) in [6.45, 7) is 0. The molecule has 2 heterocycles. The van der Waals surface area contributed by atoms with Crippen LogP contribution in [0, 0.1) is 0 Å². The molecule has 3 aromatic rings. The second kappa shape index (κ2) is 8.54. The van der Waals surface area contributed by atoms with Gasteiger partial charge in [-0.25, -0.2) is 9.78 Å². The minimum atomic E-state index is -1.07. The standard InChI is InChI=1S/C22H20N2O5S/c23-20(25)11-18(21-24-12-19(30-21)22(26)27)28-15-7-9-17-14(10-15)6-8-16(29-17)13-4-2-1-3-5-13/h1-5,7,9-10,12,16,18H,6,8,11H2,(H2,23,25)(H,26,27). The van der Waals surface area contributed by atoms with E-state index in [0.717, 1.165) is 41.1 Å². The van der Waals surface area contributed by atoms with Gasteiger partial charge in [0.25, 0.3) is 0 Å². The second-order valence-corrected chi connectivity index (χ2v) is 8.03. The molecule has 3 N–H and O–H groups in total. The van der Waals surface area contributed by atoms with Crippen LogP contribution >= 0.6 is 11.3 Å². The molecular weight excluding hydrogens is 404 g/mol. The van der Waals surface area contributed by atoms with Gasteiger partial charge in [-0.2, -0.15) is 0 Å². The highest BCUT2D eigenvalue weighted by atomic mass is 32.1. The summed E-state index contributed by atoms with van der Waals surface area (Å²) in [5.74, 6) is -0.278. The SMILES string of the molecule is NC(=O)CC(Oc1ccc2c(c1)CCC(c1ccccc1)O2)c1ncc(C(=O)O)s1. The van der Waals surface area contributed by atoms with Crippen LogP contribution in [0.15, 0.2) is 54.7 Å². The largest absolute Gasteiger partial charge is 0.485 e. The summed E-state index contributed by atoms with van der Waals surface area (Å²) >= 11 is 0.969. The molecule has 0 saturated heterocycles. The van der Waals surface area contributed by atoms with E-state index in [9.17, 15) is 9.59 Å². The van der Waals surface area contributed by atoms with Gasteiger partial charge in [-0.3, -0.25) is 4.79 Å². The Morgan fingerprint density at radius 2 is 2.07 bits per heavy atom. The van der Waals surface area contributed by atoms with Crippen LogP contribution in [0.25, 0.3) is 0 Å². The summed E-state index contributed by atoms with van der Waals surface area (Å²) in [4.78, 5) is 26.8. The topological polar surface area (TPSA) is 112 Å². The Labute approximate surface area is 177 Å². The van der Waals surface area contributed by atoms with E-state index in [-0.39, 0.29) is 17.4 Å². The molecule has 0 bridgehead atoms. The van der Waals surface area contributed by atoms with Crippen molar-refractivity contribution in [3.8, 4) is 11.5 Å². The maximum Gasteiger partial charge on any atom is 0.347 e. The van der Waals surface area contributed by atoms with Gasteiger partial charge in [0.05, 0.1) is 12.6 Å². The molecule has 154 valence electrons. The number of carboxylic acid groups (broad SMARTS) is 1. The Balaban J connectivity index is 1.52. The summed E-state index contributed by atoms with van der Waals surface area (Å²) < 4.78 is 12.1. The molecule has 2 aromatic carbocycles. The number of hydrogen-bond donors (Lipinski definition) is 2. The van der Waals surface area contributed by atoms with Crippen LogP contribution in [0.2, 0.25) is 0 Å². The van der Waals surface area contributed by atoms with E-state index in [1.54, 1.807) is 6.07 Å². The number of amides is 1. The van der Waals surface area contributed by atoms with Gasteiger partial charge in [-0.1, -0.05) is 30.3 Å². The number of thiazole rings is 1. The first-order valence-corrected chi connectivity index (χ1v) is 10.3. The molecule has 1 aliphatic heterocycles. The van der Waals surface area contributed by atoms with Crippen LogP contribution in [0.1, 0.15) is 50.9 Å². The number of aryl methyl sites for hydroxylation is 1. The van der Waals surface area contributed by atoms with Crippen LogP contribution in [0.4, 0.5) is 0 Å². The van der Waals surface area contributed by atoms with Crippen molar-refractivity contribution in [3.63, 3.8) is 0 Å².